The van der Waals surface area contributed by atoms with Crippen LogP contribution in [0.5, 0.6) is 11.5 Å². The topological polar surface area (TPSA) is 43.4 Å². The van der Waals surface area contributed by atoms with E-state index in [2.05, 4.69) is 10.3 Å². The van der Waals surface area contributed by atoms with Crippen LogP contribution < -0.4 is 14.8 Å². The molecule has 25 heavy (non-hydrogen) atoms. The van der Waals surface area contributed by atoms with E-state index in [9.17, 15) is 0 Å². The highest BCUT2D eigenvalue weighted by Crippen LogP contribution is 2.36. The lowest BCUT2D eigenvalue weighted by atomic mass is 10.2. The highest BCUT2D eigenvalue weighted by Gasteiger charge is 2.13. The summed E-state index contributed by atoms with van der Waals surface area (Å²) in [4.78, 5) is 5.47. The van der Waals surface area contributed by atoms with Gasteiger partial charge < -0.3 is 14.8 Å². The van der Waals surface area contributed by atoms with Crippen LogP contribution in [0.3, 0.4) is 0 Å². The second kappa shape index (κ2) is 7.22. The molecule has 0 atom stereocenters. The third-order valence-corrected chi connectivity index (χ3v) is 5.66. The van der Waals surface area contributed by atoms with Gasteiger partial charge in [0.1, 0.15) is 5.01 Å². The first-order valence-corrected chi connectivity index (χ1v) is 9.26. The first-order valence-electron chi connectivity index (χ1n) is 7.69. The average Bonchev–Trinajstić information content (AvgIpc) is 3.26. The Balaban J connectivity index is 1.39. The van der Waals surface area contributed by atoms with Crippen molar-refractivity contribution in [1.82, 2.24) is 10.3 Å². The highest BCUT2D eigenvalue weighted by atomic mass is 35.5. The molecule has 4 rings (SSSR count). The fourth-order valence-electron chi connectivity index (χ4n) is 2.58. The van der Waals surface area contributed by atoms with Crippen LogP contribution in [0, 0.1) is 0 Å². The van der Waals surface area contributed by atoms with Gasteiger partial charge in [-0.2, -0.15) is 0 Å². The smallest absolute Gasteiger partial charge is 0.231 e. The van der Waals surface area contributed by atoms with Gasteiger partial charge in [-0.05, 0) is 23.8 Å². The zero-order chi connectivity index (χ0) is 17.2. The Morgan fingerprint density at radius 3 is 2.88 bits per heavy atom. The van der Waals surface area contributed by atoms with Crippen LogP contribution in [0.25, 0.3) is 10.4 Å². The van der Waals surface area contributed by atoms with Crippen molar-refractivity contribution in [3.05, 3.63) is 63.2 Å². The summed E-state index contributed by atoms with van der Waals surface area (Å²) in [7, 11) is 0. The largest absolute Gasteiger partial charge is 0.454 e. The van der Waals surface area contributed by atoms with Crippen LogP contribution in [0.2, 0.25) is 10.0 Å². The fraction of sp³-hybridized carbons (Fsp3) is 0.167. The summed E-state index contributed by atoms with van der Waals surface area (Å²) < 4.78 is 10.7. The van der Waals surface area contributed by atoms with Crippen molar-refractivity contribution < 1.29 is 9.47 Å². The number of rotatable bonds is 5. The molecule has 0 unspecified atom stereocenters. The van der Waals surface area contributed by atoms with Gasteiger partial charge in [0.05, 0.1) is 14.9 Å². The Morgan fingerprint density at radius 1 is 1.08 bits per heavy atom. The summed E-state index contributed by atoms with van der Waals surface area (Å²) in [6.07, 6.45) is 1.83. The molecule has 0 aliphatic carbocycles. The monoisotopic (exact) mass is 392 g/mol. The molecular weight excluding hydrogens is 379 g/mol. The third-order valence-electron chi connectivity index (χ3n) is 3.81. The first kappa shape index (κ1) is 16.7. The van der Waals surface area contributed by atoms with Crippen molar-refractivity contribution in [3.63, 3.8) is 0 Å². The number of benzene rings is 2. The molecule has 0 amide bonds. The summed E-state index contributed by atoms with van der Waals surface area (Å²) >= 11 is 14.0. The van der Waals surface area contributed by atoms with E-state index in [-0.39, 0.29) is 0 Å². The van der Waals surface area contributed by atoms with Crippen molar-refractivity contribution in [2.75, 3.05) is 6.79 Å². The molecule has 128 valence electrons. The standard InChI is InChI=1S/C18H14Cl2N2O2S/c19-13-3-1-2-12(18(13)20)16-8-22-17(25-16)9-21-7-11-4-5-14-15(6-11)24-10-23-14/h1-6,8,21H,7,9-10H2. The second-order valence-electron chi connectivity index (χ2n) is 5.51. The molecule has 0 spiro atoms. The Labute approximate surface area is 159 Å². The van der Waals surface area contributed by atoms with E-state index in [1.807, 2.05) is 36.5 Å². The first-order chi connectivity index (χ1) is 12.2. The van der Waals surface area contributed by atoms with Crippen LogP contribution in [0.1, 0.15) is 10.6 Å². The molecule has 1 aromatic heterocycles. The molecule has 2 aromatic carbocycles. The van der Waals surface area contributed by atoms with Gasteiger partial charge >= 0.3 is 0 Å². The van der Waals surface area contributed by atoms with Crippen LogP contribution >= 0.6 is 34.5 Å². The van der Waals surface area contributed by atoms with Crippen molar-refractivity contribution in [1.29, 1.82) is 0 Å². The minimum Gasteiger partial charge on any atom is -0.454 e. The lowest BCUT2D eigenvalue weighted by Gasteiger charge is -2.04. The van der Waals surface area contributed by atoms with Gasteiger partial charge in [0, 0.05) is 24.8 Å². The van der Waals surface area contributed by atoms with E-state index in [0.717, 1.165) is 39.1 Å². The van der Waals surface area contributed by atoms with E-state index in [1.54, 1.807) is 17.4 Å². The Hall–Kier alpha value is -1.79. The van der Waals surface area contributed by atoms with E-state index < -0.39 is 0 Å². The molecule has 7 heteroatoms. The summed E-state index contributed by atoms with van der Waals surface area (Å²) in [5.74, 6) is 1.60. The predicted octanol–water partition coefficient (Wildman–Crippen LogP) is 5.14. The highest BCUT2D eigenvalue weighted by molar-refractivity contribution is 7.15. The van der Waals surface area contributed by atoms with Crippen LogP contribution in [-0.2, 0) is 13.1 Å². The fourth-order valence-corrected chi connectivity index (χ4v) is 3.95. The van der Waals surface area contributed by atoms with E-state index in [1.165, 1.54) is 0 Å². The molecule has 0 radical (unpaired) electrons. The number of hydrogen-bond acceptors (Lipinski definition) is 5. The minimum absolute atomic E-state index is 0.292. The Kier molecular flexibility index (Phi) is 4.81. The number of nitrogens with one attached hydrogen (secondary N) is 1. The number of hydrogen-bond donors (Lipinski definition) is 1. The van der Waals surface area contributed by atoms with Gasteiger partial charge in [-0.15, -0.1) is 11.3 Å². The summed E-state index contributed by atoms with van der Waals surface area (Å²) in [6.45, 7) is 1.70. The summed E-state index contributed by atoms with van der Waals surface area (Å²) in [5.41, 5.74) is 2.05. The normalized spacial score (nSPS) is 12.6. The zero-order valence-electron chi connectivity index (χ0n) is 13.1. The maximum absolute atomic E-state index is 6.28. The molecule has 3 aromatic rings. The predicted molar refractivity (Wildman–Crippen MR) is 101 cm³/mol. The number of aromatic nitrogens is 1. The molecular formula is C18H14Cl2N2O2S. The van der Waals surface area contributed by atoms with E-state index >= 15 is 0 Å². The zero-order valence-corrected chi connectivity index (χ0v) is 15.4. The van der Waals surface area contributed by atoms with Gasteiger partial charge in [-0.1, -0.05) is 41.4 Å². The molecule has 1 aliphatic rings. The van der Waals surface area contributed by atoms with Crippen molar-refractivity contribution >= 4 is 34.5 Å². The lowest BCUT2D eigenvalue weighted by molar-refractivity contribution is 0.174. The van der Waals surface area contributed by atoms with Crippen molar-refractivity contribution in [3.8, 4) is 21.9 Å². The van der Waals surface area contributed by atoms with Crippen molar-refractivity contribution in [2.45, 2.75) is 13.1 Å². The van der Waals surface area contributed by atoms with Crippen molar-refractivity contribution in [2.24, 2.45) is 0 Å². The minimum atomic E-state index is 0.292. The number of halogens is 2. The summed E-state index contributed by atoms with van der Waals surface area (Å²) in [5, 5.41) is 5.50. The number of fused-ring (bicyclic) bond motifs is 1. The third kappa shape index (κ3) is 3.60. The van der Waals surface area contributed by atoms with Gasteiger partial charge in [-0.3, -0.25) is 0 Å². The number of nitrogens with zero attached hydrogens (tertiary/aromatic N) is 1. The van der Waals surface area contributed by atoms with Gasteiger partial charge in [0.2, 0.25) is 6.79 Å². The molecule has 0 fully saturated rings. The molecule has 0 bridgehead atoms. The van der Waals surface area contributed by atoms with E-state index in [0.29, 0.717) is 23.4 Å². The molecule has 0 saturated carbocycles. The van der Waals surface area contributed by atoms with Gasteiger partial charge in [0.25, 0.3) is 0 Å². The SMILES string of the molecule is Clc1cccc(-c2cnc(CNCc3ccc4c(c3)OCO4)s2)c1Cl. The van der Waals surface area contributed by atoms with Crippen LogP contribution in [0.4, 0.5) is 0 Å². The maximum Gasteiger partial charge on any atom is 0.231 e. The number of ether oxygens (including phenoxy) is 2. The number of thiazole rings is 1. The van der Waals surface area contributed by atoms with Gasteiger partial charge in [0.15, 0.2) is 11.5 Å². The Bertz CT molecular complexity index is 914. The molecule has 1 N–H and O–H groups in total. The average molecular weight is 393 g/mol. The Morgan fingerprint density at radius 2 is 1.96 bits per heavy atom. The maximum atomic E-state index is 6.28. The molecule has 1 aliphatic heterocycles. The molecule has 4 nitrogen and oxygen atoms in total. The van der Waals surface area contributed by atoms with Gasteiger partial charge in [-0.25, -0.2) is 4.98 Å². The molecule has 0 saturated heterocycles. The lowest BCUT2D eigenvalue weighted by Crippen LogP contribution is -2.12. The quantitative estimate of drug-likeness (QED) is 0.652. The molecule has 2 heterocycles. The second-order valence-corrected chi connectivity index (χ2v) is 7.41. The summed E-state index contributed by atoms with van der Waals surface area (Å²) in [6, 6.07) is 11.6. The van der Waals surface area contributed by atoms with E-state index in [4.69, 9.17) is 32.7 Å². The van der Waals surface area contributed by atoms with Crippen LogP contribution in [-0.4, -0.2) is 11.8 Å². The van der Waals surface area contributed by atoms with Crippen LogP contribution in [0.15, 0.2) is 42.6 Å².